The molecule has 0 radical (unpaired) electrons. The van der Waals surface area contributed by atoms with Crippen molar-refractivity contribution >= 4 is 40.5 Å². The highest BCUT2D eigenvalue weighted by Gasteiger charge is 2.38. The van der Waals surface area contributed by atoms with Gasteiger partial charge >= 0.3 is 12.3 Å². The fourth-order valence-corrected chi connectivity index (χ4v) is 3.99. The molecule has 0 spiro atoms. The number of halogens is 4. The number of alkyl halides is 3. The van der Waals surface area contributed by atoms with E-state index in [-0.39, 0.29) is 19.6 Å². The molecule has 0 aromatic carbocycles. The topological polar surface area (TPSA) is 116 Å². The Balaban J connectivity index is 1.64. The van der Waals surface area contributed by atoms with Crippen molar-refractivity contribution in [2.45, 2.75) is 32.2 Å². The Morgan fingerprint density at radius 1 is 1.31 bits per heavy atom. The number of anilines is 1. The molecule has 10 nitrogen and oxygen atoms in total. The van der Waals surface area contributed by atoms with Crippen molar-refractivity contribution in [2.24, 2.45) is 0 Å². The van der Waals surface area contributed by atoms with Crippen LogP contribution in [0.2, 0.25) is 5.02 Å². The summed E-state index contributed by atoms with van der Waals surface area (Å²) in [6.45, 7) is 2.00. The molecule has 3 aromatic heterocycles. The predicted molar refractivity (Wildman–Crippen MR) is 126 cm³/mol. The maximum atomic E-state index is 12.8. The molecule has 1 fully saturated rings. The van der Waals surface area contributed by atoms with Gasteiger partial charge in [-0.25, -0.2) is 19.7 Å². The number of carbonyl (C=O) groups excluding carboxylic acids is 2. The summed E-state index contributed by atoms with van der Waals surface area (Å²) >= 11 is 6.08. The van der Waals surface area contributed by atoms with Crippen molar-refractivity contribution in [3.63, 3.8) is 0 Å². The lowest BCUT2D eigenvalue weighted by Crippen LogP contribution is -2.61. The van der Waals surface area contributed by atoms with Crippen LogP contribution in [0.15, 0.2) is 30.7 Å². The second kappa shape index (κ2) is 10.2. The molecule has 0 aliphatic carbocycles. The third kappa shape index (κ3) is 5.78. The van der Waals surface area contributed by atoms with Crippen LogP contribution in [0.5, 0.6) is 0 Å². The normalized spacial score (nSPS) is 16.5. The fourth-order valence-electron chi connectivity index (χ4n) is 3.83. The Morgan fingerprint density at radius 2 is 2.08 bits per heavy atom. The standard InChI is InChI=1S/C22H23ClF3N7O3/c1-12(2)36-21(35)32-5-6-33(16(10-32)20(34)30-11-22(24,25)26)17-3-4-27-19(31-17)15-9-29-18-14(15)7-13(23)8-28-18/h3-4,7-9,12,16H,5-6,10-11H2,1-2H3,(H,28,29)(H,30,34). The van der Waals surface area contributed by atoms with Crippen LogP contribution in [0.3, 0.4) is 0 Å². The highest BCUT2D eigenvalue weighted by Crippen LogP contribution is 2.29. The van der Waals surface area contributed by atoms with Gasteiger partial charge in [0.1, 0.15) is 24.1 Å². The molecule has 1 atom stereocenters. The van der Waals surface area contributed by atoms with Crippen LogP contribution in [-0.4, -0.2) is 81.3 Å². The lowest BCUT2D eigenvalue weighted by atomic mass is 10.1. The number of carbonyl (C=O) groups is 2. The summed E-state index contributed by atoms with van der Waals surface area (Å²) in [7, 11) is 0. The Labute approximate surface area is 208 Å². The molecule has 0 bridgehead atoms. The monoisotopic (exact) mass is 525 g/mol. The van der Waals surface area contributed by atoms with E-state index in [1.54, 1.807) is 37.1 Å². The zero-order chi connectivity index (χ0) is 26.0. The number of rotatable bonds is 5. The zero-order valence-electron chi connectivity index (χ0n) is 19.3. The SMILES string of the molecule is CC(C)OC(=O)N1CCN(c2ccnc(-c3c[nH]c4ncc(Cl)cc34)n2)C(C(=O)NCC(F)(F)F)C1. The second-order valence-corrected chi connectivity index (χ2v) is 8.85. The number of nitrogens with zero attached hydrogens (tertiary/aromatic N) is 5. The third-order valence-electron chi connectivity index (χ3n) is 5.41. The number of nitrogens with one attached hydrogen (secondary N) is 2. The number of hydrogen-bond donors (Lipinski definition) is 2. The van der Waals surface area contributed by atoms with Crippen LogP contribution in [0.1, 0.15) is 13.8 Å². The van der Waals surface area contributed by atoms with E-state index >= 15 is 0 Å². The van der Waals surface area contributed by atoms with E-state index in [0.29, 0.717) is 33.3 Å². The minimum absolute atomic E-state index is 0.134. The van der Waals surface area contributed by atoms with Gasteiger partial charge in [-0.2, -0.15) is 13.2 Å². The van der Waals surface area contributed by atoms with Gasteiger partial charge in [0.05, 0.1) is 17.7 Å². The summed E-state index contributed by atoms with van der Waals surface area (Å²) in [6.07, 6.45) is -0.978. The first kappa shape index (κ1) is 25.5. The van der Waals surface area contributed by atoms with E-state index in [1.165, 1.54) is 17.3 Å². The Morgan fingerprint density at radius 3 is 2.81 bits per heavy atom. The number of aromatic nitrogens is 4. The minimum Gasteiger partial charge on any atom is -0.447 e. The van der Waals surface area contributed by atoms with Gasteiger partial charge in [-0.1, -0.05) is 11.6 Å². The number of fused-ring (bicyclic) bond motifs is 1. The minimum atomic E-state index is -4.59. The molecular formula is C22H23ClF3N7O3. The van der Waals surface area contributed by atoms with Crippen LogP contribution in [0.4, 0.5) is 23.8 Å². The van der Waals surface area contributed by atoms with E-state index in [1.807, 2.05) is 5.32 Å². The average molecular weight is 526 g/mol. The molecule has 1 aliphatic heterocycles. The number of hydrogen-bond acceptors (Lipinski definition) is 7. The molecule has 14 heteroatoms. The Kier molecular flexibility index (Phi) is 7.20. The highest BCUT2D eigenvalue weighted by atomic mass is 35.5. The van der Waals surface area contributed by atoms with Crippen LogP contribution < -0.4 is 10.2 Å². The van der Waals surface area contributed by atoms with Gasteiger partial charge in [-0.3, -0.25) is 4.79 Å². The second-order valence-electron chi connectivity index (χ2n) is 8.41. The smallest absolute Gasteiger partial charge is 0.410 e. The van der Waals surface area contributed by atoms with Crippen molar-refractivity contribution in [2.75, 3.05) is 31.1 Å². The maximum absolute atomic E-state index is 12.8. The number of ether oxygens (including phenoxy) is 1. The third-order valence-corrected chi connectivity index (χ3v) is 5.62. The summed E-state index contributed by atoms with van der Waals surface area (Å²) in [5, 5.41) is 3.01. The van der Waals surface area contributed by atoms with Gasteiger partial charge in [0.15, 0.2) is 5.82 Å². The lowest BCUT2D eigenvalue weighted by Gasteiger charge is -2.40. The van der Waals surface area contributed by atoms with Gasteiger partial charge < -0.3 is 24.8 Å². The first-order chi connectivity index (χ1) is 17.0. The predicted octanol–water partition coefficient (Wildman–Crippen LogP) is 3.39. The number of piperazine rings is 1. The molecule has 192 valence electrons. The van der Waals surface area contributed by atoms with Crippen molar-refractivity contribution in [1.82, 2.24) is 30.2 Å². The van der Waals surface area contributed by atoms with E-state index < -0.39 is 36.9 Å². The summed E-state index contributed by atoms with van der Waals surface area (Å²) < 4.78 is 43.5. The molecule has 1 aliphatic rings. The number of H-pyrrole nitrogens is 1. The van der Waals surface area contributed by atoms with Crippen LogP contribution in [-0.2, 0) is 9.53 Å². The molecule has 4 rings (SSSR count). The Hall–Kier alpha value is -3.61. The molecule has 36 heavy (non-hydrogen) atoms. The zero-order valence-corrected chi connectivity index (χ0v) is 20.1. The average Bonchev–Trinajstić information content (AvgIpc) is 3.24. The largest absolute Gasteiger partial charge is 0.447 e. The van der Waals surface area contributed by atoms with Crippen molar-refractivity contribution in [3.05, 3.63) is 35.7 Å². The quantitative estimate of drug-likeness (QED) is 0.524. The van der Waals surface area contributed by atoms with Crippen LogP contribution in [0.25, 0.3) is 22.4 Å². The van der Waals surface area contributed by atoms with Gasteiger partial charge in [0.2, 0.25) is 5.91 Å². The molecule has 3 aromatic rings. The summed E-state index contributed by atoms with van der Waals surface area (Å²) in [4.78, 5) is 44.2. The van der Waals surface area contributed by atoms with E-state index in [2.05, 4.69) is 19.9 Å². The fraction of sp³-hybridized carbons (Fsp3) is 0.409. The van der Waals surface area contributed by atoms with E-state index in [9.17, 15) is 22.8 Å². The summed E-state index contributed by atoms with van der Waals surface area (Å²) in [5.41, 5.74) is 1.18. The summed E-state index contributed by atoms with van der Waals surface area (Å²) in [6, 6.07) is 2.12. The molecule has 2 N–H and O–H groups in total. The number of amides is 2. The Bertz CT molecular complexity index is 1270. The molecule has 2 amide bonds. The number of pyridine rings is 1. The summed E-state index contributed by atoms with van der Waals surface area (Å²) in [5.74, 6) is -0.273. The molecule has 1 saturated heterocycles. The van der Waals surface area contributed by atoms with Gasteiger partial charge in [-0.05, 0) is 26.0 Å². The van der Waals surface area contributed by atoms with Gasteiger partial charge in [-0.15, -0.1) is 0 Å². The van der Waals surface area contributed by atoms with Crippen molar-refractivity contribution in [1.29, 1.82) is 0 Å². The first-order valence-corrected chi connectivity index (χ1v) is 11.4. The molecule has 0 saturated carbocycles. The van der Waals surface area contributed by atoms with Crippen LogP contribution >= 0.6 is 11.6 Å². The van der Waals surface area contributed by atoms with Crippen molar-refractivity contribution in [3.8, 4) is 11.4 Å². The van der Waals surface area contributed by atoms with Gasteiger partial charge in [0.25, 0.3) is 0 Å². The van der Waals surface area contributed by atoms with Gasteiger partial charge in [0, 0.05) is 42.6 Å². The number of aromatic amines is 1. The molecular weight excluding hydrogens is 503 g/mol. The molecule has 4 heterocycles. The van der Waals surface area contributed by atoms with Crippen molar-refractivity contribution < 1.29 is 27.5 Å². The lowest BCUT2D eigenvalue weighted by molar-refractivity contribution is -0.139. The maximum Gasteiger partial charge on any atom is 0.410 e. The first-order valence-electron chi connectivity index (χ1n) is 11.0. The van der Waals surface area contributed by atoms with Crippen LogP contribution in [0, 0.1) is 0 Å². The van der Waals surface area contributed by atoms with E-state index in [4.69, 9.17) is 16.3 Å². The molecule has 1 unspecified atom stereocenters. The van der Waals surface area contributed by atoms with E-state index in [0.717, 1.165) is 0 Å². The highest BCUT2D eigenvalue weighted by molar-refractivity contribution is 6.31.